The third-order valence-corrected chi connectivity index (χ3v) is 6.33. The van der Waals surface area contributed by atoms with Crippen molar-refractivity contribution in [2.45, 2.75) is 45.6 Å². The fraction of sp³-hybridized carbons (Fsp3) is 0.652. The number of hydrogen-bond acceptors (Lipinski definition) is 3. The van der Waals surface area contributed by atoms with Crippen LogP contribution in [0.2, 0.25) is 0 Å². The molecule has 0 bridgehead atoms. The molecule has 2 atom stereocenters. The number of amides is 1. The Labute approximate surface area is 199 Å². The molecule has 2 saturated heterocycles. The summed E-state index contributed by atoms with van der Waals surface area (Å²) in [5.74, 6) is 1.68. The van der Waals surface area contributed by atoms with Gasteiger partial charge in [-0.3, -0.25) is 14.7 Å². The summed E-state index contributed by atoms with van der Waals surface area (Å²) >= 11 is 0. The van der Waals surface area contributed by atoms with E-state index in [0.29, 0.717) is 11.8 Å². The molecule has 0 aliphatic carbocycles. The molecule has 0 aromatic heterocycles. The molecule has 0 saturated carbocycles. The number of piperazine rings is 1. The fourth-order valence-corrected chi connectivity index (χ4v) is 4.35. The van der Waals surface area contributed by atoms with Crippen LogP contribution in [0.15, 0.2) is 29.3 Å². The van der Waals surface area contributed by atoms with Crippen LogP contribution < -0.4 is 5.32 Å². The molecule has 2 fully saturated rings. The highest BCUT2D eigenvalue weighted by atomic mass is 127. The molecule has 1 aromatic carbocycles. The predicted molar refractivity (Wildman–Crippen MR) is 135 cm³/mol. The van der Waals surface area contributed by atoms with Crippen molar-refractivity contribution in [1.29, 1.82) is 0 Å². The van der Waals surface area contributed by atoms with E-state index < -0.39 is 0 Å². The van der Waals surface area contributed by atoms with Gasteiger partial charge in [-0.2, -0.15) is 0 Å². The van der Waals surface area contributed by atoms with E-state index in [0.717, 1.165) is 64.6 Å². The number of rotatable bonds is 5. The third kappa shape index (κ3) is 6.33. The predicted octanol–water partition coefficient (Wildman–Crippen LogP) is 2.92. The van der Waals surface area contributed by atoms with Gasteiger partial charge < -0.3 is 15.1 Å². The quantitative estimate of drug-likeness (QED) is 0.364. The first-order valence-corrected chi connectivity index (χ1v) is 11.0. The number of aliphatic imine (C=N–C) groups is 1. The second kappa shape index (κ2) is 11.9. The molecule has 2 aliphatic heterocycles. The molecule has 7 heteroatoms. The highest BCUT2D eigenvalue weighted by molar-refractivity contribution is 14.0. The minimum atomic E-state index is -0.0217. The molecule has 1 aromatic rings. The van der Waals surface area contributed by atoms with Gasteiger partial charge in [0.15, 0.2) is 5.96 Å². The number of aryl methyl sites for hydroxylation is 1. The second-order valence-corrected chi connectivity index (χ2v) is 8.47. The topological polar surface area (TPSA) is 51.2 Å². The third-order valence-electron chi connectivity index (χ3n) is 6.33. The van der Waals surface area contributed by atoms with Gasteiger partial charge in [-0.05, 0) is 38.2 Å². The van der Waals surface area contributed by atoms with Crippen LogP contribution >= 0.6 is 24.0 Å². The number of carbonyl (C=O) groups is 1. The van der Waals surface area contributed by atoms with Gasteiger partial charge in [-0.15, -0.1) is 24.0 Å². The molecule has 168 valence electrons. The van der Waals surface area contributed by atoms with Crippen LogP contribution in [0, 0.1) is 6.92 Å². The van der Waals surface area contributed by atoms with Gasteiger partial charge >= 0.3 is 0 Å². The summed E-state index contributed by atoms with van der Waals surface area (Å²) in [7, 11) is 1.85. The van der Waals surface area contributed by atoms with Crippen molar-refractivity contribution in [2.75, 3.05) is 52.9 Å². The van der Waals surface area contributed by atoms with Gasteiger partial charge in [-0.1, -0.05) is 36.8 Å². The van der Waals surface area contributed by atoms with Gasteiger partial charge in [0.2, 0.25) is 5.91 Å². The lowest BCUT2D eigenvalue weighted by Crippen LogP contribution is -2.57. The highest BCUT2D eigenvalue weighted by Gasteiger charge is 2.30. The van der Waals surface area contributed by atoms with E-state index in [4.69, 9.17) is 0 Å². The van der Waals surface area contributed by atoms with Gasteiger partial charge in [0, 0.05) is 52.9 Å². The zero-order valence-corrected chi connectivity index (χ0v) is 21.3. The molecule has 6 nitrogen and oxygen atoms in total. The summed E-state index contributed by atoms with van der Waals surface area (Å²) in [5.41, 5.74) is 2.65. The van der Waals surface area contributed by atoms with Crippen LogP contribution in [0.3, 0.4) is 0 Å². The SMILES string of the molecule is CN=C(NCC(C)c1cccc(C)c1)N1CCN(C(C)C(=O)N2CCCC2)CC1.I. The number of carbonyl (C=O) groups excluding carboxylic acids is 1. The molecule has 2 unspecified atom stereocenters. The molecule has 3 rings (SSSR count). The number of nitrogens with one attached hydrogen (secondary N) is 1. The van der Waals surface area contributed by atoms with E-state index >= 15 is 0 Å². The van der Waals surface area contributed by atoms with Crippen molar-refractivity contribution >= 4 is 35.8 Å². The van der Waals surface area contributed by atoms with E-state index in [-0.39, 0.29) is 30.0 Å². The Kier molecular flexibility index (Phi) is 9.87. The first kappa shape index (κ1) is 24.9. The Morgan fingerprint density at radius 2 is 1.73 bits per heavy atom. The largest absolute Gasteiger partial charge is 0.356 e. The summed E-state index contributed by atoms with van der Waals surface area (Å²) in [4.78, 5) is 23.9. The van der Waals surface area contributed by atoms with Crippen molar-refractivity contribution in [3.63, 3.8) is 0 Å². The van der Waals surface area contributed by atoms with E-state index in [9.17, 15) is 4.79 Å². The minimum Gasteiger partial charge on any atom is -0.356 e. The van der Waals surface area contributed by atoms with Crippen molar-refractivity contribution < 1.29 is 4.79 Å². The number of halogens is 1. The lowest BCUT2D eigenvalue weighted by Gasteiger charge is -2.39. The number of hydrogen-bond donors (Lipinski definition) is 1. The monoisotopic (exact) mass is 527 g/mol. The summed E-state index contributed by atoms with van der Waals surface area (Å²) < 4.78 is 0. The average molecular weight is 527 g/mol. The summed E-state index contributed by atoms with van der Waals surface area (Å²) in [6.07, 6.45) is 2.30. The Morgan fingerprint density at radius 1 is 1.07 bits per heavy atom. The van der Waals surface area contributed by atoms with Crippen molar-refractivity contribution in [2.24, 2.45) is 4.99 Å². The van der Waals surface area contributed by atoms with Crippen LogP contribution in [0.4, 0.5) is 0 Å². The molecule has 2 heterocycles. The fourth-order valence-electron chi connectivity index (χ4n) is 4.35. The van der Waals surface area contributed by atoms with Crippen molar-refractivity contribution in [3.05, 3.63) is 35.4 Å². The first-order valence-electron chi connectivity index (χ1n) is 11.0. The molecule has 30 heavy (non-hydrogen) atoms. The number of likely N-dealkylation sites (tertiary alicyclic amines) is 1. The Balaban J connectivity index is 0.00000320. The van der Waals surface area contributed by atoms with E-state index in [2.05, 4.69) is 65.1 Å². The van der Waals surface area contributed by atoms with Crippen LogP contribution in [-0.2, 0) is 4.79 Å². The van der Waals surface area contributed by atoms with Crippen LogP contribution in [0.1, 0.15) is 43.7 Å². The lowest BCUT2D eigenvalue weighted by atomic mass is 9.99. The summed E-state index contributed by atoms with van der Waals surface area (Å²) in [5, 5.41) is 3.55. The summed E-state index contributed by atoms with van der Waals surface area (Å²) in [6, 6.07) is 8.69. The van der Waals surface area contributed by atoms with Crippen molar-refractivity contribution in [3.8, 4) is 0 Å². The molecular weight excluding hydrogens is 489 g/mol. The Bertz CT molecular complexity index is 711. The minimum absolute atomic E-state index is 0. The Morgan fingerprint density at radius 3 is 2.33 bits per heavy atom. The van der Waals surface area contributed by atoms with Crippen LogP contribution in [-0.4, -0.2) is 85.5 Å². The summed E-state index contributed by atoms with van der Waals surface area (Å²) in [6.45, 7) is 12.8. The van der Waals surface area contributed by atoms with E-state index in [1.54, 1.807) is 0 Å². The van der Waals surface area contributed by atoms with Gasteiger partial charge in [-0.25, -0.2) is 0 Å². The van der Waals surface area contributed by atoms with Gasteiger partial charge in [0.1, 0.15) is 0 Å². The van der Waals surface area contributed by atoms with Gasteiger partial charge in [0.25, 0.3) is 0 Å². The first-order chi connectivity index (χ1) is 14.0. The zero-order chi connectivity index (χ0) is 20.8. The molecular formula is C23H38IN5O. The number of guanidine groups is 1. The average Bonchev–Trinajstić information content (AvgIpc) is 3.28. The van der Waals surface area contributed by atoms with Crippen LogP contribution in [0.5, 0.6) is 0 Å². The molecule has 0 spiro atoms. The molecule has 1 N–H and O–H groups in total. The maximum atomic E-state index is 12.7. The smallest absolute Gasteiger partial charge is 0.239 e. The van der Waals surface area contributed by atoms with Gasteiger partial charge in [0.05, 0.1) is 6.04 Å². The zero-order valence-electron chi connectivity index (χ0n) is 18.9. The number of benzene rings is 1. The highest BCUT2D eigenvalue weighted by Crippen LogP contribution is 2.16. The van der Waals surface area contributed by atoms with Crippen LogP contribution in [0.25, 0.3) is 0 Å². The number of nitrogens with zero attached hydrogens (tertiary/aromatic N) is 4. The standard InChI is InChI=1S/C23H37N5O.HI/c1-18-8-7-9-21(16-18)19(2)17-25-23(24-4)28-14-12-26(13-15-28)20(3)22(29)27-10-5-6-11-27;/h7-9,16,19-20H,5-6,10-15,17H2,1-4H3,(H,24,25);1H. The molecule has 2 aliphatic rings. The van der Waals surface area contributed by atoms with Crippen molar-refractivity contribution in [1.82, 2.24) is 20.0 Å². The normalized spacial score (nSPS) is 19.9. The van der Waals surface area contributed by atoms with E-state index in [1.807, 2.05) is 11.9 Å². The molecule has 1 amide bonds. The maximum Gasteiger partial charge on any atom is 0.239 e. The Hall–Kier alpha value is -1.35. The second-order valence-electron chi connectivity index (χ2n) is 8.47. The van der Waals surface area contributed by atoms with E-state index in [1.165, 1.54) is 11.1 Å². The lowest BCUT2D eigenvalue weighted by molar-refractivity contribution is -0.135. The molecule has 0 radical (unpaired) electrons. The maximum absolute atomic E-state index is 12.7.